The Balaban J connectivity index is 1.38. The third kappa shape index (κ3) is 4.94. The minimum absolute atomic E-state index is 0.0189. The molecule has 0 bridgehead atoms. The molecule has 4 aliphatic carbocycles. The summed E-state index contributed by atoms with van der Waals surface area (Å²) in [5.74, 6) is 0.0944. The monoisotopic (exact) mass is 654 g/mol. The van der Waals surface area contributed by atoms with Gasteiger partial charge in [0, 0.05) is 0 Å². The molecule has 266 valence electrons. The molecular weight excluding hydrogens is 592 g/mol. The second kappa shape index (κ2) is 11.3. The van der Waals surface area contributed by atoms with Crippen LogP contribution in [0.1, 0.15) is 107 Å². The predicted octanol–water partition coefficient (Wildman–Crippen LogP) is 2.51. The molecule has 2 saturated heterocycles. The van der Waals surface area contributed by atoms with Gasteiger partial charge in [-0.15, -0.1) is 0 Å². The lowest BCUT2D eigenvalue weighted by Crippen LogP contribution is -2.71. The van der Waals surface area contributed by atoms with Crippen LogP contribution < -0.4 is 0 Å². The van der Waals surface area contributed by atoms with Gasteiger partial charge >= 0.3 is 0 Å². The number of aliphatic hydroxyl groups is 7. The highest BCUT2D eigenvalue weighted by molar-refractivity contribution is 5.22. The summed E-state index contributed by atoms with van der Waals surface area (Å²) in [7, 11) is 0. The average Bonchev–Trinajstić information content (AvgIpc) is 3.55. The van der Waals surface area contributed by atoms with Crippen LogP contribution in [0.3, 0.4) is 0 Å². The highest BCUT2D eigenvalue weighted by Crippen LogP contribution is 2.76. The van der Waals surface area contributed by atoms with E-state index in [-0.39, 0.29) is 46.0 Å². The summed E-state index contributed by atoms with van der Waals surface area (Å²) in [6, 6.07) is 0. The first-order chi connectivity index (χ1) is 21.2. The van der Waals surface area contributed by atoms with Crippen molar-refractivity contribution in [3.05, 3.63) is 0 Å². The number of aliphatic hydroxyl groups excluding tert-OH is 6. The highest BCUT2D eigenvalue weighted by atomic mass is 16.7. The van der Waals surface area contributed by atoms with Crippen molar-refractivity contribution in [1.82, 2.24) is 0 Å². The van der Waals surface area contributed by atoms with Crippen LogP contribution >= 0.6 is 0 Å². The lowest BCUT2D eigenvalue weighted by Gasteiger charge is -2.72. The molecule has 6 fully saturated rings. The van der Waals surface area contributed by atoms with Gasteiger partial charge in [-0.3, -0.25) is 0 Å². The second-order valence-electron chi connectivity index (χ2n) is 18.4. The number of hydrogen-bond donors (Lipinski definition) is 7. The maximum atomic E-state index is 12.2. The normalized spacial score (nSPS) is 57.1. The third-order valence-electron chi connectivity index (χ3n) is 15.3. The molecule has 6 aliphatic rings. The summed E-state index contributed by atoms with van der Waals surface area (Å²) in [6.45, 7) is 16.4. The van der Waals surface area contributed by atoms with Crippen molar-refractivity contribution in [1.29, 1.82) is 0 Å². The van der Waals surface area contributed by atoms with E-state index >= 15 is 0 Å². The minimum atomic E-state index is -1.54. The van der Waals surface area contributed by atoms with Crippen LogP contribution in [0.2, 0.25) is 0 Å². The lowest BCUT2D eigenvalue weighted by molar-refractivity contribution is -0.347. The van der Waals surface area contributed by atoms with Crippen molar-refractivity contribution in [2.45, 2.75) is 173 Å². The Kier molecular flexibility index (Phi) is 8.71. The number of ether oxygens (including phenoxy) is 3. The Hall–Kier alpha value is -0.400. The largest absolute Gasteiger partial charge is 0.394 e. The summed E-state index contributed by atoms with van der Waals surface area (Å²) >= 11 is 0. The third-order valence-corrected chi connectivity index (χ3v) is 15.3. The van der Waals surface area contributed by atoms with Crippen molar-refractivity contribution < 1.29 is 50.0 Å². The van der Waals surface area contributed by atoms with Gasteiger partial charge < -0.3 is 50.0 Å². The van der Waals surface area contributed by atoms with E-state index in [4.69, 9.17) is 14.2 Å². The molecule has 0 radical (unpaired) electrons. The molecule has 0 aromatic heterocycles. The molecule has 4 saturated carbocycles. The molecule has 0 amide bonds. The quantitative estimate of drug-likeness (QED) is 0.219. The van der Waals surface area contributed by atoms with Gasteiger partial charge in [-0.2, -0.15) is 0 Å². The SMILES string of the molecule is CC(C)(O)[C@H]1CC[C@@](C)([C@H]2CC[C@]3(C)[C@@H]2[C@H](O)C[C@@H]2[C@@]4(C)CC[C@H](O)C(C)(C)[C@@H]4[C@@H](OC4O[C@H](CO)[C@@H](O)[C@H](O)[C@H]4O)C[C@]23C)O1. The zero-order valence-electron chi connectivity index (χ0n) is 29.2. The fourth-order valence-electron chi connectivity index (χ4n) is 12.7. The zero-order chi connectivity index (χ0) is 34.0. The summed E-state index contributed by atoms with van der Waals surface area (Å²) in [5.41, 5.74) is -2.83. The van der Waals surface area contributed by atoms with E-state index in [1.54, 1.807) is 13.8 Å². The molecular formula is C36H62O10. The van der Waals surface area contributed by atoms with Crippen LogP contribution in [0.15, 0.2) is 0 Å². The summed E-state index contributed by atoms with van der Waals surface area (Å²) in [4.78, 5) is 0. The first-order valence-corrected chi connectivity index (χ1v) is 17.9. The molecule has 1 unspecified atom stereocenters. The second-order valence-corrected chi connectivity index (χ2v) is 18.4. The van der Waals surface area contributed by atoms with Crippen LogP contribution in [-0.4, -0.2) is 109 Å². The average molecular weight is 655 g/mol. The molecule has 10 nitrogen and oxygen atoms in total. The van der Waals surface area contributed by atoms with E-state index in [0.717, 1.165) is 32.1 Å². The van der Waals surface area contributed by atoms with Crippen molar-refractivity contribution in [2.24, 2.45) is 45.3 Å². The van der Waals surface area contributed by atoms with E-state index in [1.807, 2.05) is 0 Å². The van der Waals surface area contributed by atoms with Gasteiger partial charge in [0.25, 0.3) is 0 Å². The highest BCUT2D eigenvalue weighted by Gasteiger charge is 2.74. The van der Waals surface area contributed by atoms with Crippen molar-refractivity contribution >= 4 is 0 Å². The molecule has 10 heteroatoms. The van der Waals surface area contributed by atoms with Crippen LogP contribution in [0.4, 0.5) is 0 Å². The maximum absolute atomic E-state index is 12.2. The summed E-state index contributed by atoms with van der Waals surface area (Å²) in [6.07, 6.45) is -2.57. The number of hydrogen-bond acceptors (Lipinski definition) is 10. The molecule has 0 spiro atoms. The molecule has 17 atom stereocenters. The van der Waals surface area contributed by atoms with Gasteiger partial charge in [-0.1, -0.05) is 34.6 Å². The van der Waals surface area contributed by atoms with Crippen LogP contribution in [-0.2, 0) is 14.2 Å². The molecule has 46 heavy (non-hydrogen) atoms. The van der Waals surface area contributed by atoms with E-state index in [0.29, 0.717) is 19.3 Å². The Morgan fingerprint density at radius 3 is 2.11 bits per heavy atom. The van der Waals surface area contributed by atoms with Crippen molar-refractivity contribution in [2.75, 3.05) is 6.61 Å². The standard InChI is InChI=1S/C36H62O10/c1-31(2)23(39)10-12-33(5)22-15-19(38)25-18(36(8)14-11-24(46-36)32(3,4)43)9-13-34(25,6)35(22,7)16-20(29(31)33)44-30-28(42)27(41)26(40)21(17-37)45-30/h18-30,37-43H,9-17H2,1-8H3/t18-,19+,20-,21+,22+,23-,24+,25-,26+,27-,28+,29-,30?,33+,34+,35+,36-/m0/s1. The smallest absolute Gasteiger partial charge is 0.186 e. The molecule has 2 aliphatic heterocycles. The van der Waals surface area contributed by atoms with E-state index in [9.17, 15) is 35.7 Å². The van der Waals surface area contributed by atoms with Crippen LogP contribution in [0.5, 0.6) is 0 Å². The van der Waals surface area contributed by atoms with Gasteiger partial charge in [0.1, 0.15) is 24.4 Å². The Morgan fingerprint density at radius 1 is 0.826 bits per heavy atom. The van der Waals surface area contributed by atoms with E-state index in [1.165, 1.54) is 0 Å². The first-order valence-electron chi connectivity index (χ1n) is 17.9. The first kappa shape index (κ1) is 35.4. The maximum Gasteiger partial charge on any atom is 0.186 e. The fourth-order valence-corrected chi connectivity index (χ4v) is 12.7. The molecule has 2 heterocycles. The molecule has 0 aromatic rings. The van der Waals surface area contributed by atoms with Gasteiger partial charge in [-0.05, 0) is 117 Å². The Bertz CT molecular complexity index is 1140. The van der Waals surface area contributed by atoms with Gasteiger partial charge in [0.05, 0.1) is 42.2 Å². The topological polar surface area (TPSA) is 169 Å². The minimum Gasteiger partial charge on any atom is -0.394 e. The number of fused-ring (bicyclic) bond motifs is 5. The van der Waals surface area contributed by atoms with Gasteiger partial charge in [-0.25, -0.2) is 0 Å². The van der Waals surface area contributed by atoms with E-state index < -0.39 is 72.2 Å². The van der Waals surface area contributed by atoms with Crippen molar-refractivity contribution in [3.8, 4) is 0 Å². The van der Waals surface area contributed by atoms with Crippen LogP contribution in [0, 0.1) is 45.3 Å². The molecule has 0 aromatic carbocycles. The predicted molar refractivity (Wildman–Crippen MR) is 169 cm³/mol. The molecule has 7 N–H and O–H groups in total. The van der Waals surface area contributed by atoms with Gasteiger partial charge in [0.15, 0.2) is 6.29 Å². The molecule has 6 rings (SSSR count). The Morgan fingerprint density at radius 2 is 1.50 bits per heavy atom. The van der Waals surface area contributed by atoms with Crippen LogP contribution in [0.25, 0.3) is 0 Å². The summed E-state index contributed by atoms with van der Waals surface area (Å²) < 4.78 is 19.4. The number of rotatable bonds is 5. The van der Waals surface area contributed by atoms with Gasteiger partial charge in [0.2, 0.25) is 0 Å². The summed E-state index contributed by atoms with van der Waals surface area (Å²) in [5, 5.41) is 76.4. The van der Waals surface area contributed by atoms with Crippen molar-refractivity contribution in [3.63, 3.8) is 0 Å². The fraction of sp³-hybridized carbons (Fsp3) is 1.00. The van der Waals surface area contributed by atoms with E-state index in [2.05, 4.69) is 41.5 Å². The Labute approximate surface area is 274 Å². The lowest BCUT2D eigenvalue weighted by atomic mass is 9.34. The zero-order valence-corrected chi connectivity index (χ0v) is 29.2.